The minimum Gasteiger partial charge on any atom is -0.464 e. The quantitative estimate of drug-likeness (QED) is 0.360. The molecule has 0 saturated carbocycles. The maximum Gasteiger partial charge on any atom is 0.302 e. The van der Waals surface area contributed by atoms with Crippen molar-refractivity contribution in [3.8, 4) is 28.4 Å². The number of rotatable bonds is 5. The van der Waals surface area contributed by atoms with Gasteiger partial charge >= 0.3 is 6.01 Å². The summed E-state index contributed by atoms with van der Waals surface area (Å²) in [7, 11) is 4.27. The molecule has 3 aromatic heterocycles. The molecule has 0 N–H and O–H groups in total. The highest BCUT2D eigenvalue weighted by molar-refractivity contribution is 5.90. The average Bonchev–Trinajstić information content (AvgIpc) is 3.41. The number of likely N-dealkylation sites (tertiary alicyclic amines) is 1. The smallest absolute Gasteiger partial charge is 0.302 e. The molecule has 0 bridgehead atoms. The molecule has 1 aromatic carbocycles. The van der Waals surface area contributed by atoms with Crippen molar-refractivity contribution in [2.75, 3.05) is 45.2 Å². The number of hydrogen-bond donors (Lipinski definition) is 0. The molecule has 8 heteroatoms. The highest BCUT2D eigenvalue weighted by atomic mass is 16.5. The standard InChI is InChI=1S/C29H31N7O/c1-30-24-10-8-21(9-11-24)26-25(23-16-22-7-5-14-35(3)27(22)32-17-23)28-31-12-15-36(28)29(33-26)37-19-20-6-4-13-34(2)18-20/h8-12,15-17,20H,4-7,13-14,18-19H2,2-3H3/t20-/m1/s1. The number of aromatic nitrogens is 4. The average molecular weight is 494 g/mol. The van der Waals surface area contributed by atoms with Gasteiger partial charge in [0.1, 0.15) is 5.82 Å². The van der Waals surface area contributed by atoms with E-state index in [1.807, 2.05) is 41.1 Å². The molecule has 1 saturated heterocycles. The lowest BCUT2D eigenvalue weighted by molar-refractivity contribution is 0.143. The second-order valence-corrected chi connectivity index (χ2v) is 10.2. The van der Waals surface area contributed by atoms with Crippen molar-refractivity contribution in [2.45, 2.75) is 25.7 Å². The zero-order chi connectivity index (χ0) is 25.4. The Morgan fingerprint density at radius 1 is 1.08 bits per heavy atom. The van der Waals surface area contributed by atoms with E-state index in [9.17, 15) is 0 Å². The number of hydrogen-bond acceptors (Lipinski definition) is 6. The lowest BCUT2D eigenvalue weighted by atomic mass is 9.97. The molecule has 0 radical (unpaired) electrons. The largest absolute Gasteiger partial charge is 0.464 e. The first-order valence-electron chi connectivity index (χ1n) is 13.0. The van der Waals surface area contributed by atoms with Gasteiger partial charge in [0.25, 0.3) is 0 Å². The fraction of sp³-hybridized carbons (Fsp3) is 0.379. The van der Waals surface area contributed by atoms with Crippen LogP contribution in [0.1, 0.15) is 24.8 Å². The summed E-state index contributed by atoms with van der Waals surface area (Å²) in [4.78, 5) is 22.8. The minimum absolute atomic E-state index is 0.474. The molecular formula is C29H31N7O. The Labute approximate surface area is 217 Å². The van der Waals surface area contributed by atoms with E-state index in [4.69, 9.17) is 26.3 Å². The van der Waals surface area contributed by atoms with E-state index in [-0.39, 0.29) is 0 Å². The Kier molecular flexibility index (Phi) is 6.23. The Hall–Kier alpha value is -3.96. The van der Waals surface area contributed by atoms with E-state index in [1.165, 1.54) is 12.0 Å². The lowest BCUT2D eigenvalue weighted by Crippen LogP contribution is -2.35. The Morgan fingerprint density at radius 2 is 1.95 bits per heavy atom. The number of ether oxygens (including phenoxy) is 1. The maximum atomic E-state index is 7.35. The number of piperidine rings is 1. The molecule has 8 nitrogen and oxygen atoms in total. The fourth-order valence-corrected chi connectivity index (χ4v) is 5.61. The molecule has 0 unspecified atom stereocenters. The highest BCUT2D eigenvalue weighted by Crippen LogP contribution is 2.38. The molecule has 188 valence electrons. The third-order valence-corrected chi connectivity index (χ3v) is 7.49. The van der Waals surface area contributed by atoms with Crippen molar-refractivity contribution in [3.05, 3.63) is 65.9 Å². The highest BCUT2D eigenvalue weighted by Gasteiger charge is 2.24. The van der Waals surface area contributed by atoms with Crippen molar-refractivity contribution in [1.82, 2.24) is 24.3 Å². The molecule has 1 fully saturated rings. The lowest BCUT2D eigenvalue weighted by Gasteiger charge is -2.29. The SMILES string of the molecule is [C-]#[N+]c1ccc(-c2nc(OC[C@@H]3CCCN(C)C3)n3ccnc3c2-c2cnc3c(c2)CCCN3C)cc1. The third-order valence-electron chi connectivity index (χ3n) is 7.49. The zero-order valence-electron chi connectivity index (χ0n) is 21.4. The van der Waals surface area contributed by atoms with Gasteiger partial charge in [0.05, 0.1) is 24.4 Å². The summed E-state index contributed by atoms with van der Waals surface area (Å²) in [6.45, 7) is 11.2. The van der Waals surface area contributed by atoms with Crippen molar-refractivity contribution in [3.63, 3.8) is 0 Å². The van der Waals surface area contributed by atoms with Crippen LogP contribution in [-0.4, -0.2) is 64.6 Å². The van der Waals surface area contributed by atoms with Crippen LogP contribution in [0.2, 0.25) is 0 Å². The third kappa shape index (κ3) is 4.51. The Balaban J connectivity index is 1.47. The van der Waals surface area contributed by atoms with Crippen molar-refractivity contribution >= 4 is 17.2 Å². The van der Waals surface area contributed by atoms with E-state index in [0.29, 0.717) is 24.2 Å². The predicted octanol–water partition coefficient (Wildman–Crippen LogP) is 5.11. The van der Waals surface area contributed by atoms with Gasteiger partial charge in [-0.2, -0.15) is 4.98 Å². The Bertz CT molecular complexity index is 1470. The number of pyridine rings is 1. The normalized spacial score (nSPS) is 18.0. The topological polar surface area (TPSA) is 63.1 Å². The van der Waals surface area contributed by atoms with Gasteiger partial charge in [0.2, 0.25) is 0 Å². The van der Waals surface area contributed by atoms with E-state index >= 15 is 0 Å². The van der Waals surface area contributed by atoms with E-state index in [2.05, 4.69) is 34.8 Å². The monoisotopic (exact) mass is 493 g/mol. The summed E-state index contributed by atoms with van der Waals surface area (Å²) in [5.41, 5.74) is 6.26. The van der Waals surface area contributed by atoms with Crippen molar-refractivity contribution < 1.29 is 4.74 Å². The molecule has 0 aliphatic carbocycles. The van der Waals surface area contributed by atoms with Gasteiger partial charge < -0.3 is 14.5 Å². The van der Waals surface area contributed by atoms with Crippen molar-refractivity contribution in [1.29, 1.82) is 0 Å². The van der Waals surface area contributed by atoms with E-state index in [1.54, 1.807) is 6.20 Å². The molecular weight excluding hydrogens is 462 g/mol. The molecule has 37 heavy (non-hydrogen) atoms. The van der Waals surface area contributed by atoms with Gasteiger partial charge in [-0.3, -0.25) is 4.40 Å². The maximum absolute atomic E-state index is 7.35. The summed E-state index contributed by atoms with van der Waals surface area (Å²) in [6.07, 6.45) is 10.1. The Morgan fingerprint density at radius 3 is 2.76 bits per heavy atom. The van der Waals surface area contributed by atoms with Crippen LogP contribution in [0.5, 0.6) is 6.01 Å². The van der Waals surface area contributed by atoms with E-state index < -0.39 is 0 Å². The fourth-order valence-electron chi connectivity index (χ4n) is 5.61. The molecule has 0 amide bonds. The molecule has 6 rings (SSSR count). The second-order valence-electron chi connectivity index (χ2n) is 10.2. The summed E-state index contributed by atoms with van der Waals surface area (Å²) in [5.74, 6) is 1.52. The number of aryl methyl sites for hydroxylation is 1. The van der Waals surface area contributed by atoms with Crippen LogP contribution < -0.4 is 9.64 Å². The van der Waals surface area contributed by atoms with Crippen molar-refractivity contribution in [2.24, 2.45) is 5.92 Å². The first-order chi connectivity index (χ1) is 18.1. The van der Waals surface area contributed by atoms with Crippen LogP contribution in [0, 0.1) is 12.5 Å². The number of nitrogens with zero attached hydrogens (tertiary/aromatic N) is 7. The molecule has 5 heterocycles. The van der Waals surface area contributed by atoms with Gasteiger partial charge in [0, 0.05) is 50.2 Å². The molecule has 0 spiro atoms. The number of imidazole rings is 1. The minimum atomic E-state index is 0.474. The van der Waals surface area contributed by atoms with Gasteiger partial charge in [-0.05, 0) is 56.5 Å². The second kappa shape index (κ2) is 9.83. The summed E-state index contributed by atoms with van der Waals surface area (Å²) in [6, 6.07) is 10.4. The van der Waals surface area contributed by atoms with Gasteiger partial charge in [-0.1, -0.05) is 24.3 Å². The summed E-state index contributed by atoms with van der Waals surface area (Å²) in [5, 5.41) is 0. The predicted molar refractivity (Wildman–Crippen MR) is 145 cm³/mol. The van der Waals surface area contributed by atoms with Crippen LogP contribution >= 0.6 is 0 Å². The summed E-state index contributed by atoms with van der Waals surface area (Å²) < 4.78 is 8.33. The van der Waals surface area contributed by atoms with Crippen LogP contribution in [-0.2, 0) is 6.42 Å². The number of anilines is 1. The molecule has 2 aliphatic heterocycles. The molecule has 2 aliphatic rings. The van der Waals surface area contributed by atoms with Crippen LogP contribution in [0.15, 0.2) is 48.9 Å². The van der Waals surface area contributed by atoms with Gasteiger partial charge in [-0.25, -0.2) is 14.8 Å². The molecule has 1 atom stereocenters. The van der Waals surface area contributed by atoms with Crippen LogP contribution in [0.4, 0.5) is 11.5 Å². The molecule has 4 aromatic rings. The van der Waals surface area contributed by atoms with Gasteiger partial charge in [0.15, 0.2) is 11.3 Å². The van der Waals surface area contributed by atoms with E-state index in [0.717, 1.165) is 72.7 Å². The number of fused-ring (bicyclic) bond motifs is 2. The van der Waals surface area contributed by atoms with Gasteiger partial charge in [-0.15, -0.1) is 0 Å². The first-order valence-corrected chi connectivity index (χ1v) is 13.0. The zero-order valence-corrected chi connectivity index (χ0v) is 21.4. The van der Waals surface area contributed by atoms with Crippen LogP contribution in [0.3, 0.4) is 0 Å². The van der Waals surface area contributed by atoms with Crippen LogP contribution in [0.25, 0.3) is 32.9 Å². The number of benzene rings is 1. The first kappa shape index (κ1) is 23.4. The summed E-state index contributed by atoms with van der Waals surface area (Å²) >= 11 is 0.